The summed E-state index contributed by atoms with van der Waals surface area (Å²) in [6.07, 6.45) is 3.27. The molecule has 33 heavy (non-hydrogen) atoms. The van der Waals surface area contributed by atoms with Gasteiger partial charge in [0.25, 0.3) is 5.91 Å². The highest BCUT2D eigenvalue weighted by molar-refractivity contribution is 7.90. The monoisotopic (exact) mass is 469 g/mol. The fraction of sp³-hybridized carbons (Fsp3) is 0.360. The average Bonchev–Trinajstić information content (AvgIpc) is 3.52. The van der Waals surface area contributed by atoms with E-state index in [9.17, 15) is 17.6 Å². The standard InChI is InChI=1S/C25H28FN3O3S/c1-18(2)15-28(24(30)22-10-6-7-11-23(22)26)16-21-14-27-25(29(21)20-12-13-20)33(31,32)17-19-8-4-3-5-9-19/h3-11,14,18,20H,12-13,15-17H2,1-2H3. The third-order valence-electron chi connectivity index (χ3n) is 5.56. The number of hydrogen-bond donors (Lipinski definition) is 0. The lowest BCUT2D eigenvalue weighted by molar-refractivity contribution is 0.0713. The third-order valence-corrected chi connectivity index (χ3v) is 7.13. The molecule has 2 aromatic carbocycles. The first-order valence-corrected chi connectivity index (χ1v) is 12.8. The Morgan fingerprint density at radius 1 is 1.12 bits per heavy atom. The van der Waals surface area contributed by atoms with Crippen molar-refractivity contribution in [3.05, 3.63) is 83.4 Å². The molecule has 174 valence electrons. The number of carbonyl (C=O) groups is 1. The van der Waals surface area contributed by atoms with Crippen molar-refractivity contribution < 1.29 is 17.6 Å². The van der Waals surface area contributed by atoms with E-state index in [1.807, 2.05) is 32.0 Å². The van der Waals surface area contributed by atoms with Crippen molar-refractivity contribution >= 4 is 15.7 Å². The van der Waals surface area contributed by atoms with Gasteiger partial charge < -0.3 is 9.47 Å². The van der Waals surface area contributed by atoms with Gasteiger partial charge in [-0.05, 0) is 36.5 Å². The Hall–Kier alpha value is -3.00. The van der Waals surface area contributed by atoms with Gasteiger partial charge in [0.1, 0.15) is 5.82 Å². The first-order valence-electron chi connectivity index (χ1n) is 11.1. The molecule has 0 spiro atoms. The summed E-state index contributed by atoms with van der Waals surface area (Å²) in [5.41, 5.74) is 1.35. The molecule has 3 aromatic rings. The van der Waals surface area contributed by atoms with Crippen LogP contribution in [0.4, 0.5) is 4.39 Å². The molecule has 0 radical (unpaired) electrons. The van der Waals surface area contributed by atoms with Crippen LogP contribution in [0.2, 0.25) is 0 Å². The van der Waals surface area contributed by atoms with E-state index >= 15 is 0 Å². The largest absolute Gasteiger partial charge is 0.332 e. The summed E-state index contributed by atoms with van der Waals surface area (Å²) in [5, 5.41) is 0.0340. The number of nitrogens with zero attached hydrogens (tertiary/aromatic N) is 3. The van der Waals surface area contributed by atoms with Crippen LogP contribution in [-0.4, -0.2) is 35.3 Å². The molecule has 1 aromatic heterocycles. The second-order valence-electron chi connectivity index (χ2n) is 8.94. The Balaban J connectivity index is 1.66. The van der Waals surface area contributed by atoms with Crippen LogP contribution in [0.1, 0.15) is 54.3 Å². The smallest absolute Gasteiger partial charge is 0.257 e. The van der Waals surface area contributed by atoms with Crippen molar-refractivity contribution in [3.63, 3.8) is 0 Å². The fourth-order valence-electron chi connectivity index (χ4n) is 3.97. The number of hydrogen-bond acceptors (Lipinski definition) is 4. The van der Waals surface area contributed by atoms with E-state index in [1.54, 1.807) is 33.7 Å². The molecule has 0 unspecified atom stereocenters. The lowest BCUT2D eigenvalue weighted by atomic mass is 10.1. The van der Waals surface area contributed by atoms with Crippen LogP contribution in [0.3, 0.4) is 0 Å². The highest BCUT2D eigenvalue weighted by Gasteiger charge is 2.34. The lowest BCUT2D eigenvalue weighted by Crippen LogP contribution is -2.35. The molecule has 6 nitrogen and oxygen atoms in total. The fourth-order valence-corrected chi connectivity index (χ4v) is 5.51. The molecule has 4 rings (SSSR count). The van der Waals surface area contributed by atoms with Gasteiger partial charge in [0.2, 0.25) is 15.0 Å². The van der Waals surface area contributed by atoms with Crippen LogP contribution < -0.4 is 0 Å². The number of halogens is 1. The van der Waals surface area contributed by atoms with Crippen molar-refractivity contribution in [2.45, 2.75) is 50.2 Å². The zero-order valence-electron chi connectivity index (χ0n) is 18.8. The molecular formula is C25H28FN3O3S. The third kappa shape index (κ3) is 5.33. The van der Waals surface area contributed by atoms with E-state index in [-0.39, 0.29) is 35.0 Å². The molecule has 1 aliphatic rings. The zero-order valence-corrected chi connectivity index (χ0v) is 19.6. The highest BCUT2D eigenvalue weighted by Crippen LogP contribution is 2.39. The second-order valence-corrected chi connectivity index (χ2v) is 10.8. The molecule has 0 aliphatic heterocycles. The molecular weight excluding hydrogens is 441 g/mol. The number of aromatic nitrogens is 2. The van der Waals surface area contributed by atoms with Crippen LogP contribution in [-0.2, 0) is 22.1 Å². The Morgan fingerprint density at radius 3 is 2.42 bits per heavy atom. The van der Waals surface area contributed by atoms with Crippen molar-refractivity contribution in [1.82, 2.24) is 14.5 Å². The van der Waals surface area contributed by atoms with Gasteiger partial charge in [0, 0.05) is 12.6 Å². The minimum Gasteiger partial charge on any atom is -0.332 e. The predicted molar refractivity (Wildman–Crippen MR) is 124 cm³/mol. The summed E-state index contributed by atoms with van der Waals surface area (Å²) in [4.78, 5) is 19.1. The first kappa shape index (κ1) is 23.2. The quantitative estimate of drug-likeness (QED) is 0.458. The van der Waals surface area contributed by atoms with Gasteiger partial charge in [-0.1, -0.05) is 56.3 Å². The minimum atomic E-state index is -3.68. The predicted octanol–water partition coefficient (Wildman–Crippen LogP) is 4.63. The van der Waals surface area contributed by atoms with Gasteiger partial charge in [-0.15, -0.1) is 0 Å². The number of carbonyl (C=O) groups excluding carboxylic acids is 1. The van der Waals surface area contributed by atoms with E-state index in [2.05, 4.69) is 4.98 Å². The van der Waals surface area contributed by atoms with Crippen molar-refractivity contribution in [2.24, 2.45) is 5.92 Å². The number of benzene rings is 2. The number of sulfone groups is 1. The molecule has 1 aliphatic carbocycles. The van der Waals surface area contributed by atoms with Gasteiger partial charge in [-0.2, -0.15) is 0 Å². The normalized spacial score (nSPS) is 13.9. The van der Waals surface area contributed by atoms with E-state index in [0.29, 0.717) is 17.8 Å². The zero-order chi connectivity index (χ0) is 23.6. The average molecular weight is 470 g/mol. The van der Waals surface area contributed by atoms with E-state index in [1.165, 1.54) is 18.3 Å². The molecule has 1 saturated carbocycles. The highest BCUT2D eigenvalue weighted by atomic mass is 32.2. The van der Waals surface area contributed by atoms with Crippen molar-refractivity contribution in [1.29, 1.82) is 0 Å². The molecule has 1 heterocycles. The van der Waals surface area contributed by atoms with Gasteiger partial charge in [0.05, 0.1) is 29.8 Å². The molecule has 1 amide bonds. The van der Waals surface area contributed by atoms with E-state index in [4.69, 9.17) is 0 Å². The maximum atomic E-state index is 14.3. The second kappa shape index (κ2) is 9.47. The summed E-state index contributed by atoms with van der Waals surface area (Å²) in [6, 6.07) is 15.0. The Bertz CT molecular complexity index is 1230. The van der Waals surface area contributed by atoms with Gasteiger partial charge >= 0.3 is 0 Å². The summed E-state index contributed by atoms with van der Waals surface area (Å²) in [6.45, 7) is 4.54. The van der Waals surface area contributed by atoms with Crippen molar-refractivity contribution in [2.75, 3.05) is 6.54 Å². The van der Waals surface area contributed by atoms with E-state index < -0.39 is 21.6 Å². The van der Waals surface area contributed by atoms with Gasteiger partial charge in [-0.25, -0.2) is 17.8 Å². The van der Waals surface area contributed by atoms with E-state index in [0.717, 1.165) is 12.8 Å². The molecule has 0 bridgehead atoms. The molecule has 8 heteroatoms. The maximum absolute atomic E-state index is 14.3. The van der Waals surface area contributed by atoms with Crippen LogP contribution in [0.5, 0.6) is 0 Å². The van der Waals surface area contributed by atoms with Gasteiger partial charge in [0.15, 0.2) is 0 Å². The number of amides is 1. The van der Waals surface area contributed by atoms with Gasteiger partial charge in [-0.3, -0.25) is 4.79 Å². The van der Waals surface area contributed by atoms with Crippen LogP contribution in [0.15, 0.2) is 66.0 Å². The summed E-state index contributed by atoms with van der Waals surface area (Å²) < 4.78 is 42.5. The summed E-state index contributed by atoms with van der Waals surface area (Å²) in [5.74, 6) is -0.975. The summed E-state index contributed by atoms with van der Waals surface area (Å²) >= 11 is 0. The SMILES string of the molecule is CC(C)CN(Cc1cnc(S(=O)(=O)Cc2ccccc2)n1C1CC1)C(=O)c1ccccc1F. The minimum absolute atomic E-state index is 0.00700. The Morgan fingerprint density at radius 2 is 1.79 bits per heavy atom. The molecule has 1 fully saturated rings. The van der Waals surface area contributed by atoms with Crippen LogP contribution in [0.25, 0.3) is 0 Å². The van der Waals surface area contributed by atoms with Crippen molar-refractivity contribution in [3.8, 4) is 0 Å². The molecule has 0 atom stereocenters. The Kier molecular flexibility index (Phi) is 6.65. The topological polar surface area (TPSA) is 72.3 Å². The molecule has 0 saturated heterocycles. The number of rotatable bonds is 9. The number of imidazole rings is 1. The van der Waals surface area contributed by atoms with Crippen LogP contribution >= 0.6 is 0 Å². The summed E-state index contributed by atoms with van der Waals surface area (Å²) in [7, 11) is -3.68. The first-order chi connectivity index (χ1) is 15.8. The lowest BCUT2D eigenvalue weighted by Gasteiger charge is -2.25. The maximum Gasteiger partial charge on any atom is 0.257 e. The Labute approximate surface area is 194 Å². The van der Waals surface area contributed by atoms with Crippen LogP contribution in [0, 0.1) is 11.7 Å². The molecule has 0 N–H and O–H groups in total.